The molecule has 4 aromatic carbocycles. The summed E-state index contributed by atoms with van der Waals surface area (Å²) < 4.78 is 32.5. The van der Waals surface area contributed by atoms with E-state index in [4.69, 9.17) is 4.74 Å². The molecule has 0 unspecified atom stereocenters. The average Bonchev–Trinajstić information content (AvgIpc) is 1.64. The van der Waals surface area contributed by atoms with Gasteiger partial charge in [0.15, 0.2) is 22.8 Å². The summed E-state index contributed by atoms with van der Waals surface area (Å²) in [6, 6.07) is 47.6. The zero-order chi connectivity index (χ0) is 96.3. The van der Waals surface area contributed by atoms with Gasteiger partial charge < -0.3 is 40.7 Å². The number of hydrogen-bond donors (Lipinski definition) is 8. The molecule has 20 heterocycles. The number of carbonyl (C=O) groups is 4. The Hall–Kier alpha value is -15.1. The van der Waals surface area contributed by atoms with Gasteiger partial charge in [-0.25, -0.2) is 8.78 Å². The quantitative estimate of drug-likeness (QED) is 0.0263. The molecule has 0 radical (unpaired) electrons. The molecule has 16 aromatic rings. The molecule has 8 saturated heterocycles. The van der Waals surface area contributed by atoms with E-state index >= 15 is 0 Å². The Bertz CT molecular complexity index is 6930. The minimum absolute atomic E-state index is 0.110. The number of rotatable bonds is 25. The van der Waals surface area contributed by atoms with E-state index in [1.807, 2.05) is 169 Å². The molecule has 8 aliphatic rings. The second-order valence-corrected chi connectivity index (χ2v) is 37.7. The van der Waals surface area contributed by atoms with Crippen LogP contribution >= 0.6 is 0 Å². The van der Waals surface area contributed by atoms with Crippen LogP contribution in [0.3, 0.4) is 0 Å². The van der Waals surface area contributed by atoms with Crippen LogP contribution in [0.25, 0.3) is 88.1 Å². The third-order valence-corrected chi connectivity index (χ3v) is 27.6. The van der Waals surface area contributed by atoms with Gasteiger partial charge in [-0.1, -0.05) is 24.3 Å². The van der Waals surface area contributed by atoms with Crippen molar-refractivity contribution in [2.45, 2.75) is 109 Å². The lowest BCUT2D eigenvalue weighted by Gasteiger charge is -2.31. The van der Waals surface area contributed by atoms with Gasteiger partial charge in [-0.3, -0.25) is 104 Å². The first-order valence-corrected chi connectivity index (χ1v) is 49.2. The lowest BCUT2D eigenvalue weighted by atomic mass is 10.0. The normalized spacial score (nSPS) is 16.6. The Balaban J connectivity index is 0.000000112. The lowest BCUT2D eigenvalue weighted by Crippen LogP contribution is -2.38. The Labute approximate surface area is 819 Å². The van der Waals surface area contributed by atoms with Gasteiger partial charge in [-0.05, 0) is 259 Å². The number of alkyl halides is 2. The van der Waals surface area contributed by atoms with E-state index in [2.05, 4.69) is 154 Å². The predicted octanol–water partition coefficient (Wildman–Crippen LogP) is 16.6. The van der Waals surface area contributed by atoms with Gasteiger partial charge in [0.2, 0.25) is 0 Å². The second-order valence-electron chi connectivity index (χ2n) is 37.7. The van der Waals surface area contributed by atoms with Crippen LogP contribution in [0.2, 0.25) is 0 Å². The molecule has 0 bridgehead atoms. The maximum absolute atomic E-state index is 13.5. The predicted molar refractivity (Wildman–Crippen MR) is 546 cm³/mol. The number of benzene rings is 4. The number of piperidine rings is 2. The number of pyridine rings is 8. The molecule has 33 nitrogen and oxygen atoms in total. The molecule has 0 saturated carbocycles. The molecule has 142 heavy (non-hydrogen) atoms. The number of hydrogen-bond acceptors (Lipinski definition) is 25. The maximum atomic E-state index is 13.5. The molecular formula is C107H112F2N28O5. The molecule has 4 amide bonds. The molecule has 24 rings (SSSR count). The molecule has 0 aliphatic carbocycles. The van der Waals surface area contributed by atoms with Crippen LogP contribution in [-0.4, -0.2) is 253 Å². The van der Waals surface area contributed by atoms with E-state index in [-0.39, 0.29) is 36.5 Å². The van der Waals surface area contributed by atoms with Gasteiger partial charge in [-0.15, -0.1) is 0 Å². The first-order valence-electron chi connectivity index (χ1n) is 49.2. The number of nitrogens with one attached hydrogen (secondary N) is 8. The van der Waals surface area contributed by atoms with Crippen molar-refractivity contribution in [3.63, 3.8) is 0 Å². The number of fused-ring (bicyclic) bond motifs is 4. The van der Waals surface area contributed by atoms with Crippen molar-refractivity contribution < 1.29 is 32.7 Å². The largest absolute Gasteiger partial charge is 0.378 e. The van der Waals surface area contributed by atoms with Crippen molar-refractivity contribution in [2.75, 3.05) is 154 Å². The van der Waals surface area contributed by atoms with Crippen molar-refractivity contribution in [1.82, 2.24) is 105 Å². The summed E-state index contributed by atoms with van der Waals surface area (Å²) in [6.45, 7) is 21.1. The number of ether oxygens (including phenoxy) is 1. The number of anilines is 7. The molecule has 12 aromatic heterocycles. The van der Waals surface area contributed by atoms with E-state index in [0.717, 1.165) is 259 Å². The molecule has 8 N–H and O–H groups in total. The van der Waals surface area contributed by atoms with Crippen LogP contribution in [0.5, 0.6) is 0 Å². The summed E-state index contributed by atoms with van der Waals surface area (Å²) >= 11 is 0. The lowest BCUT2D eigenvalue weighted by molar-refractivity contribution is -0.0566. The molecule has 35 heteroatoms. The minimum Gasteiger partial charge on any atom is -0.378 e. The van der Waals surface area contributed by atoms with Crippen LogP contribution in [0.15, 0.2) is 220 Å². The zero-order valence-electron chi connectivity index (χ0n) is 79.1. The monoisotopic (exact) mass is 1910 g/mol. The van der Waals surface area contributed by atoms with Gasteiger partial charge in [0, 0.05) is 173 Å². The maximum Gasteiger partial charge on any atom is 0.276 e. The fraction of sp³-hybridized carbons (Fsp3) is 0.327. The Morgan fingerprint density at radius 1 is 0.289 bits per heavy atom. The van der Waals surface area contributed by atoms with E-state index in [1.54, 1.807) is 37.2 Å². The highest BCUT2D eigenvalue weighted by Gasteiger charge is 2.35. The average molecular weight is 1910 g/mol. The van der Waals surface area contributed by atoms with Crippen LogP contribution in [0.4, 0.5) is 48.6 Å². The molecule has 8 aliphatic heterocycles. The van der Waals surface area contributed by atoms with Gasteiger partial charge >= 0.3 is 0 Å². The van der Waals surface area contributed by atoms with E-state index < -0.39 is 5.92 Å². The number of aromatic nitrogens is 16. The van der Waals surface area contributed by atoms with Gasteiger partial charge in [0.25, 0.3) is 29.6 Å². The molecule has 0 spiro atoms. The van der Waals surface area contributed by atoms with Crippen molar-refractivity contribution in [1.29, 1.82) is 0 Å². The van der Waals surface area contributed by atoms with Crippen molar-refractivity contribution >= 4 is 107 Å². The summed E-state index contributed by atoms with van der Waals surface area (Å²) in [5, 5.41) is 43.7. The SMILES string of the molecule is O=C(Nc1ccc(CN2CCC2)nc1)c1n[nH]c2ccc(-c3cncc(CN4CCC(F)(F)CC4)c3)cc12.O=C(Nc1ccc(CN2CCC2)nc1)c1n[nH]c2ccc(-c3cncc(N4CCCC4)c3)cc12.O=C(Nc1ccc(CN2CCC2)nc1)c1n[nH]c2ccc(-c3cncc(N4CCCCC4)c3)cc12.O=C(Nc1ccc(CN2CCC2)nc1)c1n[nH]c2ccc(-c3cncc(N4CCOCC4)c3)cc12. The van der Waals surface area contributed by atoms with Crippen LogP contribution in [0, 0.1) is 0 Å². The zero-order valence-corrected chi connectivity index (χ0v) is 79.1. The minimum atomic E-state index is -2.56. The number of carbonyl (C=O) groups excluding carboxylic acids is 4. The third-order valence-electron chi connectivity index (χ3n) is 27.6. The number of H-pyrrole nitrogens is 4. The number of likely N-dealkylation sites (tertiary alicyclic amines) is 5. The van der Waals surface area contributed by atoms with E-state index in [9.17, 15) is 28.0 Å². The van der Waals surface area contributed by atoms with Gasteiger partial charge in [0.05, 0.1) is 141 Å². The first kappa shape index (κ1) is 93.2. The van der Waals surface area contributed by atoms with Crippen LogP contribution in [-0.2, 0) is 37.5 Å². The van der Waals surface area contributed by atoms with Crippen molar-refractivity contribution in [3.8, 4) is 44.5 Å². The summed E-state index contributed by atoms with van der Waals surface area (Å²) in [5.74, 6) is -3.67. The van der Waals surface area contributed by atoms with Crippen LogP contribution < -0.4 is 36.0 Å². The fourth-order valence-corrected chi connectivity index (χ4v) is 18.9. The molecule has 0 atom stereocenters. The summed E-state index contributed by atoms with van der Waals surface area (Å²) in [7, 11) is 0. The number of amides is 4. The highest BCUT2D eigenvalue weighted by atomic mass is 19.3. The van der Waals surface area contributed by atoms with E-state index in [0.29, 0.717) is 70.5 Å². The second kappa shape index (κ2) is 42.9. The molecule has 8 fully saturated rings. The topological polar surface area (TPSA) is 369 Å². The summed E-state index contributed by atoms with van der Waals surface area (Å²) in [4.78, 5) is 106. The Morgan fingerprint density at radius 2 is 0.577 bits per heavy atom. The number of nitrogens with zero attached hydrogens (tertiary/aromatic N) is 20. The molecular weight excluding hydrogens is 1800 g/mol. The summed E-state index contributed by atoms with van der Waals surface area (Å²) in [5.41, 5.74) is 23.3. The Kier molecular flexibility index (Phi) is 28.2. The van der Waals surface area contributed by atoms with Gasteiger partial charge in [0.1, 0.15) is 0 Å². The van der Waals surface area contributed by atoms with Crippen molar-refractivity contribution in [3.05, 3.63) is 271 Å². The summed E-state index contributed by atoms with van der Waals surface area (Å²) in [6.07, 6.45) is 32.6. The standard InChI is InChI=1S/C28H29F2N7O.C27H29N7O.C26H27N7O2.C26H27N7O/c29-28(30)6-10-37(11-7-28)17-19-12-21(15-31-14-19)20-2-5-25-24(13-20)26(35-34-25)27(38)33-22-3-4-23(32-16-22)18-36-8-1-9-36;35-27(30-21-6-7-22(29-16-21)18-33-9-4-10-33)26-24-14-19(5-8-25(24)31-32-26)20-13-23(17-28-15-20)34-11-2-1-3-12-34;34-26(29-20-3-4-21(28-15-20)17-32-6-1-7-32)25-23-13-18(2-5-24(23)30-31-25)19-12-22(16-27-14-19)33-8-10-35-11-9-33;34-26(29-20-5-6-21(28-15-20)17-32-8-3-9-32)25-23-13-18(4-7-24(23)30-31-25)19-12-22(16-27-14-19)33-10-1-2-11-33/h2-5,12-16H,1,6-11,17-18H2,(H,33,38)(H,34,35);5-8,13-17H,1-4,9-12,18H2,(H,30,35)(H,31,32);2-5,12-16H,1,6-11,17H2,(H,29,34)(H,30,31);4-7,12-16H,1-3,8-11,17H2,(H,29,34)(H,30,31). The molecule has 724 valence electrons. The highest BCUT2D eigenvalue weighted by molar-refractivity contribution is 6.15. The number of halogens is 2. The highest BCUT2D eigenvalue weighted by Crippen LogP contribution is 2.37. The third kappa shape index (κ3) is 22.5. The first-order chi connectivity index (χ1) is 69.6. The fourth-order valence-electron chi connectivity index (χ4n) is 18.9. The number of aromatic amines is 4. The van der Waals surface area contributed by atoms with Crippen LogP contribution in [0.1, 0.15) is 141 Å². The van der Waals surface area contributed by atoms with Crippen molar-refractivity contribution in [2.24, 2.45) is 0 Å². The van der Waals surface area contributed by atoms with Gasteiger partial charge in [-0.2, -0.15) is 20.4 Å². The number of morpholine rings is 1. The van der Waals surface area contributed by atoms with E-state index in [1.165, 1.54) is 57.8 Å². The smallest absolute Gasteiger partial charge is 0.276 e. The Morgan fingerprint density at radius 3 is 0.873 bits per heavy atom.